The molecule has 0 aliphatic heterocycles. The summed E-state index contributed by atoms with van der Waals surface area (Å²) in [5.41, 5.74) is 0. The third-order valence-electron chi connectivity index (χ3n) is 0.779. The topological polar surface area (TPSA) is 20.2 Å². The molecule has 1 atom stereocenters. The van der Waals surface area contributed by atoms with Gasteiger partial charge in [-0.1, -0.05) is 24.3 Å². The highest BCUT2D eigenvalue weighted by atomic mass is 16.3. The molecule has 1 unspecified atom stereocenters. The largest absolute Gasteiger partial charge is 0.385 e. The van der Waals surface area contributed by atoms with Crippen LogP contribution >= 0.6 is 0 Å². The minimum atomic E-state index is -0.398. The lowest BCUT2D eigenvalue weighted by molar-refractivity contribution is 0.271. The lowest BCUT2D eigenvalue weighted by atomic mass is 10.3. The second-order valence-corrected chi connectivity index (χ2v) is 1.54. The van der Waals surface area contributed by atoms with Crippen LogP contribution in [0, 0.1) is 0 Å². The zero-order valence-corrected chi connectivity index (χ0v) is 5.33. The highest BCUT2D eigenvalue weighted by Crippen LogP contribution is 1.86. The molecule has 1 N–H and O–H groups in total. The Labute approximate surface area is 50.3 Å². The van der Waals surface area contributed by atoms with Crippen LogP contribution in [0.2, 0.25) is 0 Å². The Morgan fingerprint density at radius 1 is 1.12 bits per heavy atom. The normalized spacial score (nSPS) is 15.9. The minimum absolute atomic E-state index is 0.398. The molecule has 8 heavy (non-hydrogen) atoms. The zero-order chi connectivity index (χ0) is 6.41. The first-order valence-electron chi connectivity index (χ1n) is 2.75. The molecule has 0 radical (unpaired) electrons. The van der Waals surface area contributed by atoms with Crippen molar-refractivity contribution in [2.24, 2.45) is 0 Å². The molecule has 0 fully saturated rings. The van der Waals surface area contributed by atoms with Crippen LogP contribution in [0.4, 0.5) is 0 Å². The molecule has 0 amide bonds. The summed E-state index contributed by atoms with van der Waals surface area (Å²) < 4.78 is 0. The maximum atomic E-state index is 8.88. The van der Waals surface area contributed by atoms with E-state index in [-0.39, 0.29) is 0 Å². The summed E-state index contributed by atoms with van der Waals surface area (Å²) in [6, 6.07) is 0. The molecule has 0 aliphatic rings. The molecule has 0 aliphatic carbocycles. The standard InChI is InChI=1S/C7H12O/c1-3-5-7(8)6-4-2/h3-8H,1-2H3/b5-3-,6-4+. The maximum Gasteiger partial charge on any atom is 0.0902 e. The van der Waals surface area contributed by atoms with Crippen LogP contribution in [0.3, 0.4) is 0 Å². The predicted octanol–water partition coefficient (Wildman–Crippen LogP) is 1.50. The van der Waals surface area contributed by atoms with Crippen molar-refractivity contribution < 1.29 is 5.11 Å². The van der Waals surface area contributed by atoms with Crippen LogP contribution in [-0.4, -0.2) is 11.2 Å². The van der Waals surface area contributed by atoms with Crippen molar-refractivity contribution >= 4 is 0 Å². The second kappa shape index (κ2) is 4.60. The van der Waals surface area contributed by atoms with Crippen molar-refractivity contribution in [1.82, 2.24) is 0 Å². The van der Waals surface area contributed by atoms with Crippen molar-refractivity contribution in [3.63, 3.8) is 0 Å². The summed E-state index contributed by atoms with van der Waals surface area (Å²) in [5.74, 6) is 0. The summed E-state index contributed by atoms with van der Waals surface area (Å²) >= 11 is 0. The summed E-state index contributed by atoms with van der Waals surface area (Å²) in [7, 11) is 0. The quantitative estimate of drug-likeness (QED) is 0.537. The molecule has 1 heteroatoms. The summed E-state index contributed by atoms with van der Waals surface area (Å²) in [6.45, 7) is 3.76. The molecular weight excluding hydrogens is 100 g/mol. The van der Waals surface area contributed by atoms with Crippen molar-refractivity contribution in [3.05, 3.63) is 24.3 Å². The molecule has 0 aromatic heterocycles. The van der Waals surface area contributed by atoms with E-state index < -0.39 is 6.10 Å². The molecule has 0 saturated heterocycles. The SMILES string of the molecule is C/C=C\C(O)/C=C/C. The number of aliphatic hydroxyl groups is 1. The van der Waals surface area contributed by atoms with Gasteiger partial charge in [-0.3, -0.25) is 0 Å². The van der Waals surface area contributed by atoms with E-state index >= 15 is 0 Å². The average molecular weight is 112 g/mol. The van der Waals surface area contributed by atoms with E-state index in [0.29, 0.717) is 0 Å². The van der Waals surface area contributed by atoms with E-state index in [2.05, 4.69) is 0 Å². The van der Waals surface area contributed by atoms with E-state index in [4.69, 9.17) is 5.11 Å². The van der Waals surface area contributed by atoms with Gasteiger partial charge in [0, 0.05) is 0 Å². The van der Waals surface area contributed by atoms with Gasteiger partial charge in [-0.2, -0.15) is 0 Å². The Bertz CT molecular complexity index is 80.6. The van der Waals surface area contributed by atoms with E-state index in [1.54, 1.807) is 12.2 Å². The van der Waals surface area contributed by atoms with Crippen LogP contribution in [0.1, 0.15) is 13.8 Å². The molecule has 0 aromatic carbocycles. The lowest BCUT2D eigenvalue weighted by Gasteiger charge is -1.92. The molecule has 0 heterocycles. The fourth-order valence-electron chi connectivity index (χ4n) is 0.459. The molecule has 0 bridgehead atoms. The number of allylic oxidation sites excluding steroid dienone is 2. The van der Waals surface area contributed by atoms with Crippen molar-refractivity contribution in [2.75, 3.05) is 0 Å². The molecular formula is C7H12O. The summed E-state index contributed by atoms with van der Waals surface area (Å²) in [5, 5.41) is 8.88. The number of hydrogen-bond donors (Lipinski definition) is 1. The van der Waals surface area contributed by atoms with Crippen molar-refractivity contribution in [2.45, 2.75) is 20.0 Å². The highest BCUT2D eigenvalue weighted by molar-refractivity contribution is 4.98. The monoisotopic (exact) mass is 112 g/mol. The molecule has 0 saturated carbocycles. The smallest absolute Gasteiger partial charge is 0.0902 e. The predicted molar refractivity (Wildman–Crippen MR) is 35.6 cm³/mol. The van der Waals surface area contributed by atoms with Gasteiger partial charge in [0.05, 0.1) is 6.10 Å². The van der Waals surface area contributed by atoms with Crippen LogP contribution < -0.4 is 0 Å². The molecule has 0 aromatic rings. The van der Waals surface area contributed by atoms with Gasteiger partial charge < -0.3 is 5.11 Å². The fraction of sp³-hybridized carbons (Fsp3) is 0.429. The van der Waals surface area contributed by atoms with Gasteiger partial charge in [0.15, 0.2) is 0 Å². The first-order chi connectivity index (χ1) is 3.81. The second-order valence-electron chi connectivity index (χ2n) is 1.54. The fourth-order valence-corrected chi connectivity index (χ4v) is 0.459. The van der Waals surface area contributed by atoms with Gasteiger partial charge in [-0.05, 0) is 13.8 Å². The van der Waals surface area contributed by atoms with Gasteiger partial charge in [-0.25, -0.2) is 0 Å². The van der Waals surface area contributed by atoms with E-state index in [0.717, 1.165) is 0 Å². The zero-order valence-electron chi connectivity index (χ0n) is 5.33. The Balaban J connectivity index is 3.47. The molecule has 0 rings (SSSR count). The Morgan fingerprint density at radius 2 is 1.50 bits per heavy atom. The van der Waals surface area contributed by atoms with Crippen LogP contribution in [0.25, 0.3) is 0 Å². The van der Waals surface area contributed by atoms with E-state index in [1.807, 2.05) is 26.0 Å². The van der Waals surface area contributed by atoms with E-state index in [9.17, 15) is 0 Å². The number of hydrogen-bond acceptors (Lipinski definition) is 1. The van der Waals surface area contributed by atoms with Gasteiger partial charge in [0.1, 0.15) is 0 Å². The molecule has 0 spiro atoms. The molecule has 46 valence electrons. The van der Waals surface area contributed by atoms with Gasteiger partial charge in [0.2, 0.25) is 0 Å². The van der Waals surface area contributed by atoms with Gasteiger partial charge >= 0.3 is 0 Å². The van der Waals surface area contributed by atoms with Gasteiger partial charge in [-0.15, -0.1) is 0 Å². The Hall–Kier alpha value is -0.560. The van der Waals surface area contributed by atoms with E-state index in [1.165, 1.54) is 0 Å². The Kier molecular flexibility index (Phi) is 4.27. The number of rotatable bonds is 2. The van der Waals surface area contributed by atoms with Crippen molar-refractivity contribution in [3.8, 4) is 0 Å². The first-order valence-corrected chi connectivity index (χ1v) is 2.75. The summed E-state index contributed by atoms with van der Waals surface area (Å²) in [6.07, 6.45) is 6.69. The number of aliphatic hydroxyl groups excluding tert-OH is 1. The minimum Gasteiger partial charge on any atom is -0.385 e. The lowest BCUT2D eigenvalue weighted by Crippen LogP contribution is -1.93. The Morgan fingerprint density at radius 3 is 1.75 bits per heavy atom. The first kappa shape index (κ1) is 7.44. The summed E-state index contributed by atoms with van der Waals surface area (Å²) in [4.78, 5) is 0. The third-order valence-corrected chi connectivity index (χ3v) is 0.779. The van der Waals surface area contributed by atoms with Crippen molar-refractivity contribution in [1.29, 1.82) is 0 Å². The van der Waals surface area contributed by atoms with Crippen LogP contribution in [0.15, 0.2) is 24.3 Å². The average Bonchev–Trinajstić information content (AvgIpc) is 1.68. The van der Waals surface area contributed by atoms with Crippen LogP contribution in [-0.2, 0) is 0 Å². The third kappa shape index (κ3) is 3.62. The van der Waals surface area contributed by atoms with Gasteiger partial charge in [0.25, 0.3) is 0 Å². The maximum absolute atomic E-state index is 8.88. The highest BCUT2D eigenvalue weighted by Gasteiger charge is 1.84. The van der Waals surface area contributed by atoms with Crippen LogP contribution in [0.5, 0.6) is 0 Å². The molecule has 1 nitrogen and oxygen atoms in total.